The van der Waals surface area contributed by atoms with Gasteiger partial charge in [0.2, 0.25) is 11.8 Å². The number of carbonyl (C=O) groups excluding carboxylic acids is 2. The molecule has 2 amide bonds. The van der Waals surface area contributed by atoms with E-state index in [0.717, 1.165) is 41.8 Å². The zero-order chi connectivity index (χ0) is 20.8. The number of imidazole rings is 1. The lowest BCUT2D eigenvalue weighted by Crippen LogP contribution is -2.34. The van der Waals surface area contributed by atoms with Crippen LogP contribution in [-0.4, -0.2) is 40.6 Å². The number of hydrogen-bond donors (Lipinski definition) is 2. The number of aryl methyl sites for hydroxylation is 1. The second-order valence-electron chi connectivity index (χ2n) is 7.41. The van der Waals surface area contributed by atoms with Crippen molar-refractivity contribution in [1.82, 2.24) is 14.9 Å². The van der Waals surface area contributed by atoms with Gasteiger partial charge in [-0.3, -0.25) is 9.59 Å². The molecule has 7 nitrogen and oxygen atoms in total. The number of ether oxygens (including phenoxy) is 1. The van der Waals surface area contributed by atoms with Crippen molar-refractivity contribution in [2.24, 2.45) is 0 Å². The van der Waals surface area contributed by atoms with Gasteiger partial charge < -0.3 is 19.9 Å². The summed E-state index contributed by atoms with van der Waals surface area (Å²) < 4.78 is 7.36. The van der Waals surface area contributed by atoms with Gasteiger partial charge in [0.05, 0.1) is 11.0 Å². The predicted molar refractivity (Wildman–Crippen MR) is 115 cm³/mol. The highest BCUT2D eigenvalue weighted by Gasteiger charge is 2.23. The van der Waals surface area contributed by atoms with Crippen LogP contribution in [0.4, 0.5) is 5.69 Å². The molecule has 1 saturated heterocycles. The lowest BCUT2D eigenvalue weighted by atomic mass is 10.2. The first-order valence-electron chi connectivity index (χ1n) is 10.4. The molecule has 30 heavy (non-hydrogen) atoms. The fourth-order valence-electron chi connectivity index (χ4n) is 3.71. The van der Waals surface area contributed by atoms with Crippen molar-refractivity contribution >= 4 is 28.5 Å². The molecule has 156 valence electrons. The maximum Gasteiger partial charge on any atom is 0.249 e. The van der Waals surface area contributed by atoms with Gasteiger partial charge in [0.1, 0.15) is 18.5 Å². The van der Waals surface area contributed by atoms with E-state index in [4.69, 9.17) is 9.72 Å². The quantitative estimate of drug-likeness (QED) is 0.564. The molecule has 2 heterocycles. The maximum absolute atomic E-state index is 12.6. The van der Waals surface area contributed by atoms with Gasteiger partial charge in [0.15, 0.2) is 0 Å². The largest absolute Gasteiger partial charge is 0.368 e. The summed E-state index contributed by atoms with van der Waals surface area (Å²) in [5.74, 6) is 0.700. The van der Waals surface area contributed by atoms with Gasteiger partial charge in [0.25, 0.3) is 0 Å². The number of para-hydroxylation sites is 3. The van der Waals surface area contributed by atoms with E-state index >= 15 is 0 Å². The number of hydrogen-bond acceptors (Lipinski definition) is 4. The smallest absolute Gasteiger partial charge is 0.249 e. The fourth-order valence-corrected chi connectivity index (χ4v) is 3.71. The zero-order valence-electron chi connectivity index (χ0n) is 16.8. The molecule has 7 heteroatoms. The van der Waals surface area contributed by atoms with Crippen molar-refractivity contribution in [1.29, 1.82) is 0 Å². The second kappa shape index (κ2) is 9.54. The van der Waals surface area contributed by atoms with E-state index in [1.165, 1.54) is 0 Å². The Morgan fingerprint density at radius 3 is 2.70 bits per heavy atom. The molecule has 0 aliphatic carbocycles. The molecule has 0 radical (unpaired) electrons. The van der Waals surface area contributed by atoms with Crippen molar-refractivity contribution in [3.8, 4) is 0 Å². The molecule has 1 unspecified atom stereocenters. The Balaban J connectivity index is 1.39. The van der Waals surface area contributed by atoms with Crippen LogP contribution in [0.2, 0.25) is 0 Å². The highest BCUT2D eigenvalue weighted by molar-refractivity contribution is 5.91. The number of anilines is 1. The molecule has 0 saturated carbocycles. The van der Waals surface area contributed by atoms with Gasteiger partial charge in [0, 0.05) is 25.3 Å². The van der Waals surface area contributed by atoms with Crippen LogP contribution in [0.5, 0.6) is 0 Å². The minimum absolute atomic E-state index is 0.0387. The Labute approximate surface area is 175 Å². The Hall–Kier alpha value is -3.19. The summed E-state index contributed by atoms with van der Waals surface area (Å²) in [6.07, 6.45) is 2.82. The normalized spacial score (nSPS) is 15.9. The molecule has 1 fully saturated rings. The monoisotopic (exact) mass is 406 g/mol. The Bertz CT molecular complexity index is 1010. The first-order valence-corrected chi connectivity index (χ1v) is 10.4. The third-order valence-corrected chi connectivity index (χ3v) is 5.19. The van der Waals surface area contributed by atoms with Crippen molar-refractivity contribution in [3.05, 3.63) is 60.4 Å². The molecule has 1 aliphatic rings. The number of nitrogens with one attached hydrogen (secondary N) is 2. The van der Waals surface area contributed by atoms with Crippen LogP contribution in [-0.2, 0) is 27.3 Å². The van der Waals surface area contributed by atoms with Crippen molar-refractivity contribution in [2.45, 2.75) is 38.3 Å². The van der Waals surface area contributed by atoms with Crippen LogP contribution in [0.25, 0.3) is 11.0 Å². The summed E-state index contributed by atoms with van der Waals surface area (Å²) in [4.78, 5) is 29.4. The Morgan fingerprint density at radius 2 is 1.90 bits per heavy atom. The maximum atomic E-state index is 12.6. The Kier molecular flexibility index (Phi) is 6.39. The summed E-state index contributed by atoms with van der Waals surface area (Å²) in [7, 11) is 0. The van der Waals surface area contributed by atoms with Gasteiger partial charge in [-0.25, -0.2) is 4.98 Å². The SMILES string of the molecule is O=C(Cn1c(CCCNC(=O)C2CCCO2)nc2ccccc21)Nc1ccccc1. The predicted octanol–water partition coefficient (Wildman–Crippen LogP) is 2.90. The van der Waals surface area contributed by atoms with E-state index in [-0.39, 0.29) is 24.5 Å². The lowest BCUT2D eigenvalue weighted by Gasteiger charge is -2.12. The number of fused-ring (bicyclic) bond motifs is 1. The molecular formula is C23H26N4O3. The van der Waals surface area contributed by atoms with E-state index in [1.807, 2.05) is 59.2 Å². The number of aromatic nitrogens is 2. The average Bonchev–Trinajstić information content (AvgIpc) is 3.41. The van der Waals surface area contributed by atoms with Crippen LogP contribution < -0.4 is 10.6 Å². The molecule has 4 rings (SSSR count). The highest BCUT2D eigenvalue weighted by Crippen LogP contribution is 2.18. The molecule has 0 bridgehead atoms. The van der Waals surface area contributed by atoms with Crippen LogP contribution in [0.3, 0.4) is 0 Å². The van der Waals surface area contributed by atoms with E-state index in [1.54, 1.807) is 0 Å². The summed E-state index contributed by atoms with van der Waals surface area (Å²) >= 11 is 0. The first kappa shape index (κ1) is 20.1. The molecule has 2 aromatic carbocycles. The molecule has 0 spiro atoms. The van der Waals surface area contributed by atoms with Crippen LogP contribution >= 0.6 is 0 Å². The summed E-state index contributed by atoms with van der Waals surface area (Å²) in [6.45, 7) is 1.40. The molecule has 1 atom stereocenters. The van der Waals surface area contributed by atoms with Crippen molar-refractivity contribution in [2.75, 3.05) is 18.5 Å². The summed E-state index contributed by atoms with van der Waals surface area (Å²) in [6, 6.07) is 17.2. The Morgan fingerprint density at radius 1 is 1.10 bits per heavy atom. The lowest BCUT2D eigenvalue weighted by molar-refractivity contribution is -0.130. The zero-order valence-corrected chi connectivity index (χ0v) is 16.8. The minimum Gasteiger partial charge on any atom is -0.368 e. The number of nitrogens with zero attached hydrogens (tertiary/aromatic N) is 2. The standard InChI is InChI=1S/C23H26N4O3/c28-22(25-17-8-2-1-3-9-17)16-27-19-11-5-4-10-18(19)26-21(27)13-6-14-24-23(29)20-12-7-15-30-20/h1-5,8-11,20H,6-7,12-16H2,(H,24,29)(H,25,28). The average molecular weight is 406 g/mol. The van der Waals surface area contributed by atoms with E-state index in [9.17, 15) is 9.59 Å². The van der Waals surface area contributed by atoms with Gasteiger partial charge in [-0.1, -0.05) is 30.3 Å². The topological polar surface area (TPSA) is 85.2 Å². The van der Waals surface area contributed by atoms with Crippen molar-refractivity contribution < 1.29 is 14.3 Å². The number of benzene rings is 2. The van der Waals surface area contributed by atoms with Crippen LogP contribution in [0.1, 0.15) is 25.1 Å². The number of amides is 2. The first-order chi connectivity index (χ1) is 14.7. The van der Waals surface area contributed by atoms with E-state index < -0.39 is 0 Å². The van der Waals surface area contributed by atoms with Gasteiger partial charge in [-0.15, -0.1) is 0 Å². The molecule has 3 aromatic rings. The molecular weight excluding hydrogens is 380 g/mol. The fraction of sp³-hybridized carbons (Fsp3) is 0.348. The van der Waals surface area contributed by atoms with Crippen LogP contribution in [0.15, 0.2) is 54.6 Å². The highest BCUT2D eigenvalue weighted by atomic mass is 16.5. The third-order valence-electron chi connectivity index (χ3n) is 5.19. The molecule has 1 aliphatic heterocycles. The van der Waals surface area contributed by atoms with E-state index in [0.29, 0.717) is 19.6 Å². The minimum atomic E-state index is -0.309. The van der Waals surface area contributed by atoms with Gasteiger partial charge >= 0.3 is 0 Å². The summed E-state index contributed by atoms with van der Waals surface area (Å²) in [5.41, 5.74) is 2.56. The summed E-state index contributed by atoms with van der Waals surface area (Å²) in [5, 5.41) is 5.87. The number of rotatable bonds is 8. The second-order valence-corrected chi connectivity index (χ2v) is 7.41. The van der Waals surface area contributed by atoms with Crippen LogP contribution in [0, 0.1) is 0 Å². The molecule has 2 N–H and O–H groups in total. The number of carbonyl (C=O) groups is 2. The molecule has 1 aromatic heterocycles. The van der Waals surface area contributed by atoms with Gasteiger partial charge in [-0.05, 0) is 43.5 Å². The van der Waals surface area contributed by atoms with Gasteiger partial charge in [-0.2, -0.15) is 0 Å². The van der Waals surface area contributed by atoms with Crippen molar-refractivity contribution in [3.63, 3.8) is 0 Å². The third kappa shape index (κ3) is 4.86. The van der Waals surface area contributed by atoms with E-state index in [2.05, 4.69) is 10.6 Å².